The second-order valence-electron chi connectivity index (χ2n) is 3.73. The molecule has 0 aliphatic heterocycles. The van der Waals surface area contributed by atoms with Crippen LogP contribution in [0.2, 0.25) is 0 Å². The lowest BCUT2D eigenvalue weighted by Crippen LogP contribution is -2.30. The quantitative estimate of drug-likeness (QED) is 0.317. The lowest BCUT2D eigenvalue weighted by molar-refractivity contribution is 0.0954. The molecule has 1 amide bonds. The summed E-state index contributed by atoms with van der Waals surface area (Å²) in [5.74, 6) is 4.65. The number of aromatic nitrogens is 2. The maximum Gasteiger partial charge on any atom is 0.316 e. The van der Waals surface area contributed by atoms with E-state index in [4.69, 9.17) is 16.3 Å². The number of nitrogen functional groups attached to an aromatic ring is 2. The van der Waals surface area contributed by atoms with Gasteiger partial charge < -0.3 is 10.5 Å². The molecule has 0 atom stereocenters. The van der Waals surface area contributed by atoms with E-state index in [1.54, 1.807) is 30.6 Å². The predicted molar refractivity (Wildman–Crippen MR) is 70.1 cm³/mol. The normalized spacial score (nSPS) is 10.0. The minimum absolute atomic E-state index is 0.277. The summed E-state index contributed by atoms with van der Waals surface area (Å²) in [5.41, 5.74) is 9.92. The summed E-state index contributed by atoms with van der Waals surface area (Å²) >= 11 is 0. The number of hydrogen-bond acceptors (Lipinski definition) is 6. The van der Waals surface area contributed by atoms with Crippen LogP contribution in [0.5, 0.6) is 6.01 Å². The summed E-state index contributed by atoms with van der Waals surface area (Å²) in [6, 6.07) is 5.31. The number of amides is 1. The largest absolute Gasteiger partial charge is 0.467 e. The average molecular weight is 259 g/mol. The minimum atomic E-state index is -0.450. The first-order chi connectivity index (χ1) is 9.15. The first kappa shape index (κ1) is 12.8. The van der Waals surface area contributed by atoms with Gasteiger partial charge in [-0.3, -0.25) is 10.2 Å². The zero-order chi connectivity index (χ0) is 13.8. The number of methoxy groups -OCH3 is 1. The molecule has 7 nitrogen and oxygen atoms in total. The van der Waals surface area contributed by atoms with Crippen LogP contribution in [-0.4, -0.2) is 23.0 Å². The summed E-state index contributed by atoms with van der Waals surface area (Å²) in [4.78, 5) is 19.6. The van der Waals surface area contributed by atoms with E-state index >= 15 is 0 Å². The van der Waals surface area contributed by atoms with Crippen molar-refractivity contribution in [2.45, 2.75) is 0 Å². The fraction of sp³-hybridized carbons (Fsp3) is 0.0833. The van der Waals surface area contributed by atoms with Gasteiger partial charge in [0.2, 0.25) is 0 Å². The van der Waals surface area contributed by atoms with Gasteiger partial charge in [0, 0.05) is 23.6 Å². The number of hydrazine groups is 1. The number of ether oxygens (including phenoxy) is 1. The number of benzene rings is 1. The maximum absolute atomic E-state index is 11.6. The number of nitrogens with one attached hydrogen (secondary N) is 1. The van der Waals surface area contributed by atoms with Gasteiger partial charge in [0.15, 0.2) is 0 Å². The van der Waals surface area contributed by atoms with Gasteiger partial charge in [-0.25, -0.2) is 15.8 Å². The summed E-state index contributed by atoms with van der Waals surface area (Å²) in [5, 5.41) is 0. The highest BCUT2D eigenvalue weighted by atomic mass is 16.5. The van der Waals surface area contributed by atoms with Crippen LogP contribution in [0.25, 0.3) is 11.1 Å². The second kappa shape index (κ2) is 5.32. The first-order valence-electron chi connectivity index (χ1n) is 5.42. The Morgan fingerprint density at radius 2 is 1.95 bits per heavy atom. The van der Waals surface area contributed by atoms with Crippen molar-refractivity contribution in [2.75, 3.05) is 12.8 Å². The van der Waals surface area contributed by atoms with Gasteiger partial charge in [-0.1, -0.05) is 6.07 Å². The van der Waals surface area contributed by atoms with Crippen LogP contribution in [0.15, 0.2) is 30.6 Å². The molecule has 1 aromatic heterocycles. The topological polar surface area (TPSA) is 116 Å². The average Bonchev–Trinajstić information content (AvgIpc) is 2.47. The van der Waals surface area contributed by atoms with Crippen LogP contribution < -0.4 is 21.7 Å². The van der Waals surface area contributed by atoms with Crippen molar-refractivity contribution in [2.24, 2.45) is 5.84 Å². The third kappa shape index (κ3) is 2.61. The number of rotatable bonds is 3. The molecular formula is C12H13N5O2. The second-order valence-corrected chi connectivity index (χ2v) is 3.73. The molecule has 2 aromatic rings. The number of nitrogens with two attached hydrogens (primary N) is 2. The van der Waals surface area contributed by atoms with Crippen LogP contribution in [0.4, 0.5) is 5.69 Å². The maximum atomic E-state index is 11.6. The van der Waals surface area contributed by atoms with Crippen LogP contribution in [0, 0.1) is 0 Å². The van der Waals surface area contributed by atoms with Crippen molar-refractivity contribution in [3.05, 3.63) is 36.2 Å². The standard InChI is InChI=1S/C12H13N5O2/c1-19-12-15-5-8(6-16-12)7-2-3-10(13)9(4-7)11(18)17-14/h2-6H,13-14H2,1H3,(H,17,18). The molecule has 0 saturated heterocycles. The third-order valence-electron chi connectivity index (χ3n) is 2.57. The molecule has 0 spiro atoms. The molecule has 0 aliphatic rings. The molecule has 5 N–H and O–H groups in total. The monoisotopic (exact) mass is 259 g/mol. The van der Waals surface area contributed by atoms with Crippen LogP contribution in [0.1, 0.15) is 10.4 Å². The summed E-state index contributed by atoms with van der Waals surface area (Å²) in [7, 11) is 1.49. The summed E-state index contributed by atoms with van der Waals surface area (Å²) in [6.07, 6.45) is 3.20. The Balaban J connectivity index is 2.42. The van der Waals surface area contributed by atoms with Gasteiger partial charge in [0.1, 0.15) is 0 Å². The number of carbonyl (C=O) groups is 1. The van der Waals surface area contributed by atoms with E-state index in [2.05, 4.69) is 9.97 Å². The Morgan fingerprint density at radius 3 is 2.53 bits per heavy atom. The summed E-state index contributed by atoms with van der Waals surface area (Å²) < 4.78 is 4.88. The predicted octanol–water partition coefficient (Wildman–Crippen LogP) is 0.338. The van der Waals surface area contributed by atoms with Gasteiger partial charge in [-0.2, -0.15) is 0 Å². The Hall–Kier alpha value is -2.67. The van der Waals surface area contributed by atoms with Crippen molar-refractivity contribution < 1.29 is 9.53 Å². The zero-order valence-corrected chi connectivity index (χ0v) is 10.3. The van der Waals surface area contributed by atoms with E-state index < -0.39 is 5.91 Å². The van der Waals surface area contributed by atoms with E-state index in [1.165, 1.54) is 7.11 Å². The molecule has 98 valence electrons. The minimum Gasteiger partial charge on any atom is -0.467 e. The van der Waals surface area contributed by atoms with E-state index in [0.29, 0.717) is 11.3 Å². The SMILES string of the molecule is COc1ncc(-c2ccc(N)c(C(=O)NN)c2)cn1. The highest BCUT2D eigenvalue weighted by Gasteiger charge is 2.10. The smallest absolute Gasteiger partial charge is 0.316 e. The van der Waals surface area contributed by atoms with Gasteiger partial charge in [-0.15, -0.1) is 0 Å². The molecule has 1 aromatic carbocycles. The number of anilines is 1. The van der Waals surface area contributed by atoms with E-state index in [1.807, 2.05) is 5.43 Å². The Bertz CT molecular complexity index is 598. The lowest BCUT2D eigenvalue weighted by Gasteiger charge is -2.07. The Kier molecular flexibility index (Phi) is 3.58. The molecule has 0 unspecified atom stereocenters. The Morgan fingerprint density at radius 1 is 1.26 bits per heavy atom. The van der Waals surface area contributed by atoms with Crippen molar-refractivity contribution in [1.29, 1.82) is 0 Å². The fourth-order valence-electron chi connectivity index (χ4n) is 1.58. The van der Waals surface area contributed by atoms with Crippen molar-refractivity contribution in [3.63, 3.8) is 0 Å². The van der Waals surface area contributed by atoms with E-state index in [0.717, 1.165) is 11.1 Å². The van der Waals surface area contributed by atoms with Crippen molar-refractivity contribution >= 4 is 11.6 Å². The molecule has 0 aliphatic carbocycles. The van der Waals surface area contributed by atoms with E-state index in [9.17, 15) is 4.79 Å². The highest BCUT2D eigenvalue weighted by Crippen LogP contribution is 2.23. The van der Waals surface area contributed by atoms with Crippen molar-refractivity contribution in [1.82, 2.24) is 15.4 Å². The number of hydrogen-bond donors (Lipinski definition) is 3. The molecule has 2 rings (SSSR count). The third-order valence-corrected chi connectivity index (χ3v) is 2.57. The van der Waals surface area contributed by atoms with Crippen molar-refractivity contribution in [3.8, 4) is 17.1 Å². The first-order valence-corrected chi connectivity index (χ1v) is 5.42. The molecular weight excluding hydrogens is 246 g/mol. The van der Waals surface area contributed by atoms with Crippen LogP contribution in [0.3, 0.4) is 0 Å². The number of carbonyl (C=O) groups excluding carboxylic acids is 1. The number of nitrogens with zero attached hydrogens (tertiary/aromatic N) is 2. The summed E-state index contributed by atoms with van der Waals surface area (Å²) in [6.45, 7) is 0. The van der Waals surface area contributed by atoms with Crippen LogP contribution >= 0.6 is 0 Å². The van der Waals surface area contributed by atoms with Crippen LogP contribution in [-0.2, 0) is 0 Å². The molecule has 1 heterocycles. The van der Waals surface area contributed by atoms with Gasteiger partial charge in [0.05, 0.1) is 12.7 Å². The van der Waals surface area contributed by atoms with Gasteiger partial charge >= 0.3 is 6.01 Å². The van der Waals surface area contributed by atoms with E-state index in [-0.39, 0.29) is 6.01 Å². The zero-order valence-electron chi connectivity index (χ0n) is 10.3. The van der Waals surface area contributed by atoms with Gasteiger partial charge in [0.25, 0.3) is 5.91 Å². The molecule has 0 saturated carbocycles. The lowest BCUT2D eigenvalue weighted by atomic mass is 10.0. The molecule has 7 heteroatoms. The van der Waals surface area contributed by atoms with Gasteiger partial charge in [-0.05, 0) is 17.7 Å². The highest BCUT2D eigenvalue weighted by molar-refractivity contribution is 6.00. The fourth-order valence-corrected chi connectivity index (χ4v) is 1.58. The molecule has 0 radical (unpaired) electrons. The molecule has 19 heavy (non-hydrogen) atoms. The Labute approximate surface area is 109 Å². The molecule has 0 fully saturated rings. The molecule has 0 bridgehead atoms.